The van der Waals surface area contributed by atoms with Gasteiger partial charge in [0.1, 0.15) is 10.7 Å². The van der Waals surface area contributed by atoms with Gasteiger partial charge in [0.25, 0.3) is 5.56 Å². The summed E-state index contributed by atoms with van der Waals surface area (Å²) in [4.78, 5) is 18.8. The fourth-order valence-corrected chi connectivity index (χ4v) is 2.83. The molecule has 3 nitrogen and oxygen atoms in total. The van der Waals surface area contributed by atoms with Crippen molar-refractivity contribution in [1.29, 1.82) is 0 Å². The zero-order chi connectivity index (χ0) is 11.7. The summed E-state index contributed by atoms with van der Waals surface area (Å²) in [6.07, 6.45) is 1.92. The first-order valence-electron chi connectivity index (χ1n) is 5.67. The van der Waals surface area contributed by atoms with Crippen LogP contribution in [0.25, 0.3) is 10.2 Å². The summed E-state index contributed by atoms with van der Waals surface area (Å²) in [5, 5.41) is 0.779. The molecule has 0 spiro atoms. The zero-order valence-corrected chi connectivity index (χ0v) is 10.7. The van der Waals surface area contributed by atoms with Crippen molar-refractivity contribution in [3.05, 3.63) is 27.1 Å². The molecule has 4 heteroatoms. The van der Waals surface area contributed by atoms with Crippen LogP contribution in [0.2, 0.25) is 0 Å². The lowest BCUT2D eigenvalue weighted by Crippen LogP contribution is -2.23. The quantitative estimate of drug-likeness (QED) is 0.821. The molecule has 2 aromatic rings. The van der Waals surface area contributed by atoms with Gasteiger partial charge in [0, 0.05) is 11.4 Å². The molecular weight excluding hydrogens is 220 g/mol. The van der Waals surface area contributed by atoms with Crippen molar-refractivity contribution in [2.75, 3.05) is 0 Å². The third-order valence-electron chi connectivity index (χ3n) is 2.69. The molecule has 0 radical (unpaired) electrons. The Bertz CT molecular complexity index is 568. The Kier molecular flexibility index (Phi) is 3.10. The molecule has 2 rings (SSSR count). The lowest BCUT2D eigenvalue weighted by molar-refractivity contribution is 0.626. The molecule has 0 saturated heterocycles. The molecule has 2 heterocycles. The highest BCUT2D eigenvalue weighted by Gasteiger charge is 2.10. The fourth-order valence-electron chi connectivity index (χ4n) is 1.83. The predicted molar refractivity (Wildman–Crippen MR) is 68.3 cm³/mol. The van der Waals surface area contributed by atoms with Gasteiger partial charge >= 0.3 is 0 Å². The van der Waals surface area contributed by atoms with Crippen LogP contribution in [-0.2, 0) is 13.0 Å². The van der Waals surface area contributed by atoms with Crippen molar-refractivity contribution >= 4 is 21.6 Å². The van der Waals surface area contributed by atoms with E-state index in [2.05, 4.69) is 18.8 Å². The molecule has 0 aliphatic carbocycles. The van der Waals surface area contributed by atoms with E-state index < -0.39 is 0 Å². The van der Waals surface area contributed by atoms with Gasteiger partial charge in [0.15, 0.2) is 0 Å². The molecule has 0 aromatic carbocycles. The number of thiophene rings is 1. The van der Waals surface area contributed by atoms with Crippen LogP contribution in [0.4, 0.5) is 0 Å². The van der Waals surface area contributed by atoms with E-state index in [4.69, 9.17) is 0 Å². The summed E-state index contributed by atoms with van der Waals surface area (Å²) in [5.74, 6) is 0.823. The maximum absolute atomic E-state index is 12.2. The molecule has 0 atom stereocenters. The van der Waals surface area contributed by atoms with Crippen LogP contribution in [0.15, 0.2) is 10.9 Å². The number of fused-ring (bicyclic) bond motifs is 1. The Morgan fingerprint density at radius 3 is 2.81 bits per heavy atom. The topological polar surface area (TPSA) is 34.9 Å². The fraction of sp³-hybridized carbons (Fsp3) is 0.500. The number of rotatable bonds is 3. The molecule has 0 saturated carbocycles. The number of aromatic nitrogens is 2. The second kappa shape index (κ2) is 4.37. The Labute approximate surface area is 98.8 Å². The molecule has 0 aliphatic heterocycles. The molecule has 2 aromatic heterocycles. The number of nitrogens with zero attached hydrogens (tertiary/aromatic N) is 2. The van der Waals surface area contributed by atoms with Crippen LogP contribution >= 0.6 is 11.3 Å². The van der Waals surface area contributed by atoms with E-state index in [1.54, 1.807) is 15.9 Å². The summed E-state index contributed by atoms with van der Waals surface area (Å²) in [6, 6.07) is 1.99. The van der Waals surface area contributed by atoms with Crippen LogP contribution in [0, 0.1) is 6.92 Å². The van der Waals surface area contributed by atoms with Crippen molar-refractivity contribution in [2.45, 2.75) is 40.2 Å². The second-order valence-electron chi connectivity index (χ2n) is 3.90. The highest BCUT2D eigenvalue weighted by atomic mass is 32.1. The number of hydrogen-bond acceptors (Lipinski definition) is 3. The minimum absolute atomic E-state index is 0.111. The first-order valence-corrected chi connectivity index (χ1v) is 6.48. The van der Waals surface area contributed by atoms with Gasteiger partial charge in [0.2, 0.25) is 0 Å². The highest BCUT2D eigenvalue weighted by Crippen LogP contribution is 2.21. The van der Waals surface area contributed by atoms with Gasteiger partial charge in [-0.15, -0.1) is 11.3 Å². The van der Waals surface area contributed by atoms with Crippen molar-refractivity contribution < 1.29 is 0 Å². The van der Waals surface area contributed by atoms with Gasteiger partial charge < -0.3 is 0 Å². The van der Waals surface area contributed by atoms with Crippen molar-refractivity contribution in [3.63, 3.8) is 0 Å². The summed E-state index contributed by atoms with van der Waals surface area (Å²) < 4.78 is 1.77. The molecule has 0 fully saturated rings. The lowest BCUT2D eigenvalue weighted by atomic mass is 10.3. The minimum Gasteiger partial charge on any atom is -0.296 e. The molecule has 0 aliphatic rings. The Hall–Kier alpha value is -1.16. The van der Waals surface area contributed by atoms with Crippen LogP contribution in [0.5, 0.6) is 0 Å². The normalized spacial score (nSPS) is 11.2. The monoisotopic (exact) mass is 236 g/mol. The number of hydrogen-bond donors (Lipinski definition) is 0. The molecule has 0 unspecified atom stereocenters. The van der Waals surface area contributed by atoms with Gasteiger partial charge in [-0.3, -0.25) is 9.36 Å². The van der Waals surface area contributed by atoms with Crippen LogP contribution in [0.3, 0.4) is 0 Å². The van der Waals surface area contributed by atoms with Gasteiger partial charge in [-0.05, 0) is 25.8 Å². The second-order valence-corrected chi connectivity index (χ2v) is 5.02. The van der Waals surface area contributed by atoms with E-state index in [0.717, 1.165) is 35.4 Å². The first-order chi connectivity index (χ1) is 7.67. The van der Waals surface area contributed by atoms with E-state index in [9.17, 15) is 4.79 Å². The third-order valence-corrected chi connectivity index (χ3v) is 3.86. The minimum atomic E-state index is 0.111. The summed E-state index contributed by atoms with van der Waals surface area (Å²) in [6.45, 7) is 6.83. The Balaban J connectivity index is 2.71. The van der Waals surface area contributed by atoms with Gasteiger partial charge in [-0.2, -0.15) is 0 Å². The molecular formula is C12H16N2OS. The average Bonchev–Trinajstić information content (AvgIpc) is 2.67. The predicted octanol–water partition coefficient (Wildman–Crippen LogP) is 2.74. The van der Waals surface area contributed by atoms with Crippen molar-refractivity contribution in [1.82, 2.24) is 9.55 Å². The summed E-state index contributed by atoms with van der Waals surface area (Å²) in [5.41, 5.74) is 0.111. The molecule has 0 amide bonds. The van der Waals surface area contributed by atoms with E-state index in [0.29, 0.717) is 0 Å². The van der Waals surface area contributed by atoms with Gasteiger partial charge in [-0.1, -0.05) is 13.8 Å². The molecule has 0 N–H and O–H groups in total. The van der Waals surface area contributed by atoms with Crippen LogP contribution in [-0.4, -0.2) is 9.55 Å². The summed E-state index contributed by atoms with van der Waals surface area (Å²) >= 11 is 1.63. The Morgan fingerprint density at radius 1 is 1.44 bits per heavy atom. The largest absolute Gasteiger partial charge is 0.296 e. The standard InChI is InChI=1S/C12H16N2OS/c1-4-6-14-8(3)13-11-10(12(14)15)7-9(5-2)16-11/h7H,4-6H2,1-3H3. The lowest BCUT2D eigenvalue weighted by Gasteiger charge is -2.06. The molecule has 86 valence electrons. The SMILES string of the molecule is CCCn1c(C)nc2sc(CC)cc2c1=O. The van der Waals surface area contributed by atoms with Crippen LogP contribution < -0.4 is 5.56 Å². The van der Waals surface area contributed by atoms with E-state index in [-0.39, 0.29) is 5.56 Å². The van der Waals surface area contributed by atoms with E-state index >= 15 is 0 Å². The maximum Gasteiger partial charge on any atom is 0.262 e. The van der Waals surface area contributed by atoms with Gasteiger partial charge in [-0.25, -0.2) is 4.98 Å². The van der Waals surface area contributed by atoms with Crippen LogP contribution in [0.1, 0.15) is 31.0 Å². The number of aryl methyl sites for hydroxylation is 2. The maximum atomic E-state index is 12.2. The first kappa shape index (κ1) is 11.3. The molecule has 16 heavy (non-hydrogen) atoms. The Morgan fingerprint density at radius 2 is 2.19 bits per heavy atom. The molecule has 0 bridgehead atoms. The highest BCUT2D eigenvalue weighted by molar-refractivity contribution is 7.18. The van der Waals surface area contributed by atoms with Crippen molar-refractivity contribution in [2.24, 2.45) is 0 Å². The van der Waals surface area contributed by atoms with E-state index in [1.165, 1.54) is 4.88 Å². The smallest absolute Gasteiger partial charge is 0.262 e. The zero-order valence-electron chi connectivity index (χ0n) is 9.91. The van der Waals surface area contributed by atoms with Gasteiger partial charge in [0.05, 0.1) is 5.39 Å². The van der Waals surface area contributed by atoms with E-state index in [1.807, 2.05) is 13.0 Å². The van der Waals surface area contributed by atoms with Crippen molar-refractivity contribution in [3.8, 4) is 0 Å². The third kappa shape index (κ3) is 1.78. The average molecular weight is 236 g/mol. The summed E-state index contributed by atoms with van der Waals surface area (Å²) in [7, 11) is 0.